The minimum atomic E-state index is -0.858. The molecule has 0 spiro atoms. The maximum Gasteiger partial charge on any atom is 0.410 e. The van der Waals surface area contributed by atoms with Gasteiger partial charge in [-0.2, -0.15) is 0 Å². The van der Waals surface area contributed by atoms with Crippen LogP contribution in [0.4, 0.5) is 9.59 Å². The number of hydrogen-bond acceptors (Lipinski definition) is 8. The summed E-state index contributed by atoms with van der Waals surface area (Å²) in [6, 6.07) is 6.69. The quantitative estimate of drug-likeness (QED) is 0.330. The van der Waals surface area contributed by atoms with Crippen LogP contribution in [0.2, 0.25) is 0 Å². The molecule has 1 aliphatic heterocycles. The number of rotatable bonds is 9. The molecule has 0 bridgehead atoms. The predicted molar refractivity (Wildman–Crippen MR) is 149 cm³/mol. The molecule has 2 amide bonds. The second-order valence-electron chi connectivity index (χ2n) is 11.8. The Hall–Kier alpha value is -3.01. The van der Waals surface area contributed by atoms with Gasteiger partial charge in [-0.3, -0.25) is 0 Å². The highest BCUT2D eigenvalue weighted by atomic mass is 16.6. The van der Waals surface area contributed by atoms with Crippen molar-refractivity contribution < 1.29 is 38.1 Å². The molecular formula is C30H46N2O8. The summed E-state index contributed by atoms with van der Waals surface area (Å²) in [6.07, 6.45) is 5.15. The van der Waals surface area contributed by atoms with Crippen LogP contribution in [0.5, 0.6) is 5.75 Å². The lowest BCUT2D eigenvalue weighted by Gasteiger charge is -2.36. The maximum atomic E-state index is 12.2. The number of amides is 2. The first-order valence-corrected chi connectivity index (χ1v) is 14.4. The minimum Gasteiger partial charge on any atom is -0.490 e. The highest BCUT2D eigenvalue weighted by Gasteiger charge is 2.30. The molecule has 2 aliphatic rings. The van der Waals surface area contributed by atoms with Crippen LogP contribution in [0.1, 0.15) is 78.7 Å². The van der Waals surface area contributed by atoms with Crippen LogP contribution in [0.15, 0.2) is 24.3 Å². The van der Waals surface area contributed by atoms with E-state index in [4.69, 9.17) is 23.7 Å². The molecule has 10 heteroatoms. The number of piperidine rings is 1. The Labute approximate surface area is 238 Å². The normalized spacial score (nSPS) is 20.9. The lowest BCUT2D eigenvalue weighted by Crippen LogP contribution is -2.45. The van der Waals surface area contributed by atoms with Crippen LogP contribution in [-0.4, -0.2) is 79.3 Å². The number of likely N-dealkylation sites (tertiary alicyclic amines) is 1. The largest absolute Gasteiger partial charge is 0.490 e. The summed E-state index contributed by atoms with van der Waals surface area (Å²) in [5.74, 6) is 0.229. The van der Waals surface area contributed by atoms with Crippen LogP contribution in [0, 0.1) is 0 Å². The van der Waals surface area contributed by atoms with Gasteiger partial charge in [0.25, 0.3) is 0 Å². The van der Waals surface area contributed by atoms with Gasteiger partial charge in [0.05, 0.1) is 31.5 Å². The number of nitrogens with one attached hydrogen (secondary N) is 1. The predicted octanol–water partition coefficient (Wildman–Crippen LogP) is 5.01. The van der Waals surface area contributed by atoms with Crippen molar-refractivity contribution in [2.75, 3.05) is 20.2 Å². The molecule has 0 radical (unpaired) electrons. The minimum absolute atomic E-state index is 0.108. The molecule has 40 heavy (non-hydrogen) atoms. The van der Waals surface area contributed by atoms with E-state index in [1.807, 2.05) is 38.1 Å². The molecule has 10 nitrogen and oxygen atoms in total. The van der Waals surface area contributed by atoms with Crippen molar-refractivity contribution in [1.82, 2.24) is 10.2 Å². The van der Waals surface area contributed by atoms with Crippen molar-refractivity contribution in [3.05, 3.63) is 29.8 Å². The Morgan fingerprint density at radius 3 is 2.05 bits per heavy atom. The zero-order valence-electron chi connectivity index (χ0n) is 24.8. The summed E-state index contributed by atoms with van der Waals surface area (Å²) < 4.78 is 28.0. The van der Waals surface area contributed by atoms with Gasteiger partial charge >= 0.3 is 18.2 Å². The zero-order valence-corrected chi connectivity index (χ0v) is 24.8. The first-order valence-electron chi connectivity index (χ1n) is 14.4. The molecule has 0 aromatic heterocycles. The average Bonchev–Trinajstić information content (AvgIpc) is 2.89. The van der Waals surface area contributed by atoms with Gasteiger partial charge < -0.3 is 33.9 Å². The Morgan fingerprint density at radius 1 is 0.925 bits per heavy atom. The molecule has 1 heterocycles. The Bertz CT molecular complexity index is 959. The molecule has 1 saturated heterocycles. The van der Waals surface area contributed by atoms with Crippen molar-refractivity contribution in [2.24, 2.45) is 0 Å². The van der Waals surface area contributed by atoms with Crippen LogP contribution >= 0.6 is 0 Å². The van der Waals surface area contributed by atoms with Gasteiger partial charge in [-0.15, -0.1) is 0 Å². The standard InChI is InChI=1S/C30H46N2O8/c1-20(2)37-29(35)32-17-15-25(16-18-32)39-24-13-11-23(12-14-24)38-22-9-7-21(8-10-22)19-26(27(33)36-6)31-28(34)40-30(3,4)5/h7-10,20,23-26H,11-19H2,1-6H3,(H,31,34)/t23-,24-,26-/m0/s1. The number of ether oxygens (including phenoxy) is 5. The molecule has 1 aliphatic carbocycles. The van der Waals surface area contributed by atoms with Gasteiger partial charge in [0, 0.05) is 19.5 Å². The summed E-state index contributed by atoms with van der Waals surface area (Å²) in [5.41, 5.74) is 0.191. The van der Waals surface area contributed by atoms with Crippen LogP contribution < -0.4 is 10.1 Å². The van der Waals surface area contributed by atoms with E-state index < -0.39 is 23.7 Å². The Kier molecular flexibility index (Phi) is 11.5. The van der Waals surface area contributed by atoms with E-state index in [0.29, 0.717) is 13.1 Å². The number of esters is 1. The fourth-order valence-corrected chi connectivity index (χ4v) is 4.93. The monoisotopic (exact) mass is 562 g/mol. The Morgan fingerprint density at radius 2 is 1.50 bits per heavy atom. The second kappa shape index (κ2) is 14.6. The molecule has 1 aromatic carbocycles. The fraction of sp³-hybridized carbons (Fsp3) is 0.700. The van der Waals surface area contributed by atoms with E-state index >= 15 is 0 Å². The van der Waals surface area contributed by atoms with Gasteiger partial charge in [-0.1, -0.05) is 12.1 Å². The van der Waals surface area contributed by atoms with E-state index in [0.717, 1.165) is 49.8 Å². The topological polar surface area (TPSA) is 113 Å². The highest BCUT2D eigenvalue weighted by Crippen LogP contribution is 2.28. The first kappa shape index (κ1) is 31.5. The summed E-state index contributed by atoms with van der Waals surface area (Å²) in [4.78, 5) is 38.3. The number of carbonyl (C=O) groups excluding carboxylic acids is 3. The molecular weight excluding hydrogens is 516 g/mol. The molecule has 1 N–H and O–H groups in total. The molecule has 3 rings (SSSR count). The van der Waals surface area contributed by atoms with Crippen molar-refractivity contribution >= 4 is 18.2 Å². The van der Waals surface area contributed by atoms with Crippen LogP contribution in [0.3, 0.4) is 0 Å². The van der Waals surface area contributed by atoms with Gasteiger partial charge in [-0.05, 0) is 90.8 Å². The van der Waals surface area contributed by atoms with Crippen molar-refractivity contribution in [1.29, 1.82) is 0 Å². The van der Waals surface area contributed by atoms with E-state index in [1.165, 1.54) is 7.11 Å². The molecule has 0 unspecified atom stereocenters. The smallest absolute Gasteiger partial charge is 0.410 e. The van der Waals surface area contributed by atoms with Gasteiger partial charge in [0.15, 0.2) is 0 Å². The average molecular weight is 563 g/mol. The molecule has 224 valence electrons. The van der Waals surface area contributed by atoms with Gasteiger partial charge in [0.2, 0.25) is 0 Å². The third-order valence-electron chi connectivity index (χ3n) is 6.89. The lowest BCUT2D eigenvalue weighted by molar-refractivity contribution is -0.143. The maximum absolute atomic E-state index is 12.2. The zero-order chi connectivity index (χ0) is 29.3. The van der Waals surface area contributed by atoms with E-state index in [9.17, 15) is 14.4 Å². The van der Waals surface area contributed by atoms with Crippen molar-refractivity contribution in [2.45, 2.75) is 116 Å². The summed E-state index contributed by atoms with van der Waals surface area (Å²) in [6.45, 7) is 10.3. The summed E-state index contributed by atoms with van der Waals surface area (Å²) in [5, 5.41) is 2.60. The number of methoxy groups -OCH3 is 1. The summed E-state index contributed by atoms with van der Waals surface area (Å²) in [7, 11) is 1.29. The number of benzene rings is 1. The van der Waals surface area contributed by atoms with Gasteiger partial charge in [-0.25, -0.2) is 14.4 Å². The van der Waals surface area contributed by atoms with E-state index in [-0.39, 0.29) is 36.9 Å². The molecule has 1 saturated carbocycles. The molecule has 1 atom stereocenters. The van der Waals surface area contributed by atoms with Gasteiger partial charge in [0.1, 0.15) is 17.4 Å². The number of hydrogen-bond donors (Lipinski definition) is 1. The Balaban J connectivity index is 1.40. The highest BCUT2D eigenvalue weighted by molar-refractivity contribution is 5.81. The number of alkyl carbamates (subject to hydrolysis) is 1. The van der Waals surface area contributed by atoms with E-state index in [1.54, 1.807) is 25.7 Å². The third kappa shape index (κ3) is 10.5. The third-order valence-corrected chi connectivity index (χ3v) is 6.89. The van der Waals surface area contributed by atoms with Crippen LogP contribution in [-0.2, 0) is 30.2 Å². The first-order chi connectivity index (χ1) is 18.9. The molecule has 2 fully saturated rings. The number of carbonyl (C=O) groups is 3. The van der Waals surface area contributed by atoms with Crippen molar-refractivity contribution in [3.8, 4) is 5.75 Å². The van der Waals surface area contributed by atoms with Crippen molar-refractivity contribution in [3.63, 3.8) is 0 Å². The number of nitrogens with zero attached hydrogens (tertiary/aromatic N) is 1. The summed E-state index contributed by atoms with van der Waals surface area (Å²) >= 11 is 0. The second-order valence-corrected chi connectivity index (χ2v) is 11.8. The van der Waals surface area contributed by atoms with Crippen LogP contribution in [0.25, 0.3) is 0 Å². The fourth-order valence-electron chi connectivity index (χ4n) is 4.93. The van der Waals surface area contributed by atoms with E-state index in [2.05, 4.69) is 5.32 Å². The molecule has 1 aromatic rings. The SMILES string of the molecule is COC(=O)[C@H](Cc1ccc(O[C@H]2CC[C@H](OC3CCN(C(=O)OC(C)C)CC3)CC2)cc1)NC(=O)OC(C)(C)C. The lowest BCUT2D eigenvalue weighted by atomic mass is 9.94.